The molecule has 0 aromatic carbocycles. The van der Waals surface area contributed by atoms with Crippen LogP contribution >= 0.6 is 31.9 Å². The zero-order chi connectivity index (χ0) is 17.8. The van der Waals surface area contributed by atoms with E-state index in [2.05, 4.69) is 60.9 Å². The highest BCUT2D eigenvalue weighted by Gasteiger charge is 2.26. The highest BCUT2D eigenvalue weighted by Crippen LogP contribution is 2.24. The van der Waals surface area contributed by atoms with Gasteiger partial charge in [-0.2, -0.15) is 0 Å². The van der Waals surface area contributed by atoms with Gasteiger partial charge in [-0.1, -0.05) is 24.0 Å². The van der Waals surface area contributed by atoms with Crippen LogP contribution in [0.5, 0.6) is 0 Å². The van der Waals surface area contributed by atoms with Crippen molar-refractivity contribution in [1.82, 2.24) is 9.55 Å². The largest absolute Gasteiger partial charge is 0.591 e. The van der Waals surface area contributed by atoms with Crippen molar-refractivity contribution in [3.05, 3.63) is 15.0 Å². The maximum absolute atomic E-state index is 12.0. The third-order valence-corrected chi connectivity index (χ3v) is 7.84. The molecular weight excluding hydrogens is 462 g/mol. The summed E-state index contributed by atoms with van der Waals surface area (Å²) in [7, 11) is -1.11. The Bertz CT molecular complexity index is 553. The molecule has 23 heavy (non-hydrogen) atoms. The van der Waals surface area contributed by atoms with E-state index in [0.717, 1.165) is 17.3 Å². The lowest BCUT2D eigenvalue weighted by Crippen LogP contribution is -2.26. The van der Waals surface area contributed by atoms with E-state index in [-0.39, 0.29) is 0 Å². The van der Waals surface area contributed by atoms with E-state index in [1.165, 1.54) is 0 Å². The molecule has 1 aromatic heterocycles. The monoisotopic (exact) mass is 485 g/mol. The predicted octanol–water partition coefficient (Wildman–Crippen LogP) is 4.60. The molecule has 0 radical (unpaired) electrons. The van der Waals surface area contributed by atoms with Gasteiger partial charge >= 0.3 is 0 Å². The fraction of sp³-hybridized carbons (Fsp3) is 0.714. The SMILES string of the molecule is CC(C)(C)[S@+]([O-])/N=C/c1nc(Br)c(Br)n1COCC[Si](C)(C)C. The third-order valence-electron chi connectivity index (χ3n) is 2.90. The Labute approximate surface area is 159 Å². The van der Waals surface area contributed by atoms with Crippen molar-refractivity contribution in [3.63, 3.8) is 0 Å². The standard InChI is InChI=1S/C14H25Br2N3O2SSi/c1-14(2,3)22(20)17-9-11-18-12(15)13(16)19(11)10-21-7-8-23(4,5)6/h9H,7-8,10H2,1-6H3/b17-9+/t22-/m0/s1. The lowest BCUT2D eigenvalue weighted by atomic mass is 10.3. The van der Waals surface area contributed by atoms with E-state index in [0.29, 0.717) is 17.2 Å². The summed E-state index contributed by atoms with van der Waals surface area (Å²) in [4.78, 5) is 4.37. The Morgan fingerprint density at radius 2 is 1.96 bits per heavy atom. The number of halogens is 2. The van der Waals surface area contributed by atoms with Gasteiger partial charge in [0.15, 0.2) is 5.82 Å². The Kier molecular flexibility index (Phi) is 8.01. The first-order valence-corrected chi connectivity index (χ1v) is 13.8. The van der Waals surface area contributed by atoms with Crippen molar-refractivity contribution >= 4 is 57.5 Å². The molecule has 1 rings (SSSR count). The minimum atomic E-state index is -1.31. The van der Waals surface area contributed by atoms with E-state index in [4.69, 9.17) is 4.74 Å². The molecule has 0 aliphatic heterocycles. The van der Waals surface area contributed by atoms with E-state index in [1.807, 2.05) is 25.3 Å². The average molecular weight is 487 g/mol. The molecular formula is C14H25Br2N3O2SSi. The summed E-state index contributed by atoms with van der Waals surface area (Å²) < 4.78 is 24.9. The number of imidazole rings is 1. The van der Waals surface area contributed by atoms with Gasteiger partial charge in [-0.3, -0.25) is 4.57 Å². The Balaban J connectivity index is 2.78. The first-order valence-electron chi connectivity index (χ1n) is 7.37. The van der Waals surface area contributed by atoms with Gasteiger partial charge in [0.1, 0.15) is 38.3 Å². The molecule has 0 spiro atoms. The van der Waals surface area contributed by atoms with E-state index in [1.54, 1.807) is 6.21 Å². The van der Waals surface area contributed by atoms with Crippen molar-refractivity contribution in [3.8, 4) is 0 Å². The molecule has 0 aliphatic carbocycles. The molecule has 1 aromatic rings. The summed E-state index contributed by atoms with van der Waals surface area (Å²) in [6.45, 7) is 13.7. The van der Waals surface area contributed by atoms with E-state index in [9.17, 15) is 4.55 Å². The minimum absolute atomic E-state index is 0.382. The molecule has 1 atom stereocenters. The second-order valence-electron chi connectivity index (χ2n) is 7.42. The molecule has 0 N–H and O–H groups in total. The second-order valence-corrected chi connectivity index (χ2v) is 16.5. The van der Waals surface area contributed by atoms with E-state index < -0.39 is 24.2 Å². The highest BCUT2D eigenvalue weighted by molar-refractivity contribution is 9.13. The van der Waals surface area contributed by atoms with Crippen LogP contribution in [0.2, 0.25) is 25.7 Å². The van der Waals surface area contributed by atoms with Crippen molar-refractivity contribution in [1.29, 1.82) is 0 Å². The van der Waals surface area contributed by atoms with Gasteiger partial charge in [-0.05, 0) is 58.7 Å². The molecule has 0 aliphatic rings. The molecule has 0 amide bonds. The van der Waals surface area contributed by atoms with Crippen LogP contribution in [0.3, 0.4) is 0 Å². The number of aromatic nitrogens is 2. The van der Waals surface area contributed by atoms with Gasteiger partial charge in [0.05, 0.1) is 0 Å². The van der Waals surface area contributed by atoms with Gasteiger partial charge in [0, 0.05) is 14.7 Å². The Hall–Kier alpha value is 0.327. The van der Waals surface area contributed by atoms with Gasteiger partial charge in [-0.25, -0.2) is 4.98 Å². The molecule has 0 fully saturated rings. The maximum atomic E-state index is 12.0. The summed E-state index contributed by atoms with van der Waals surface area (Å²) in [5.41, 5.74) is 0. The van der Waals surface area contributed by atoms with Crippen LogP contribution in [0.1, 0.15) is 26.6 Å². The molecule has 0 saturated carbocycles. The number of hydrogen-bond acceptors (Lipinski definition) is 4. The number of hydrogen-bond donors (Lipinski definition) is 0. The van der Waals surface area contributed by atoms with Crippen LogP contribution in [0.15, 0.2) is 13.6 Å². The molecule has 0 bridgehead atoms. The first kappa shape index (κ1) is 21.4. The number of ether oxygens (including phenoxy) is 1. The van der Waals surface area contributed by atoms with Crippen molar-refractivity contribution < 1.29 is 9.29 Å². The number of nitrogens with zero attached hydrogens (tertiary/aromatic N) is 3. The van der Waals surface area contributed by atoms with Crippen molar-refractivity contribution in [2.45, 2.75) is 57.9 Å². The first-order chi connectivity index (χ1) is 10.4. The smallest absolute Gasteiger partial charge is 0.159 e. The Morgan fingerprint density at radius 3 is 2.48 bits per heavy atom. The lowest BCUT2D eigenvalue weighted by molar-refractivity contribution is 0.0854. The molecule has 9 heteroatoms. The molecule has 1 heterocycles. The summed E-state index contributed by atoms with van der Waals surface area (Å²) >= 11 is 5.56. The fourth-order valence-electron chi connectivity index (χ4n) is 1.43. The maximum Gasteiger partial charge on any atom is 0.159 e. The normalized spacial score (nSPS) is 14.7. The van der Waals surface area contributed by atoms with E-state index >= 15 is 0 Å². The summed E-state index contributed by atoms with van der Waals surface area (Å²) in [5.74, 6) is 0.606. The van der Waals surface area contributed by atoms with Gasteiger partial charge in [-0.15, -0.1) is 0 Å². The highest BCUT2D eigenvalue weighted by atomic mass is 79.9. The van der Waals surface area contributed by atoms with Gasteiger partial charge in [0.25, 0.3) is 0 Å². The lowest BCUT2D eigenvalue weighted by Gasteiger charge is -2.18. The topological polar surface area (TPSA) is 62.5 Å². The summed E-state index contributed by atoms with van der Waals surface area (Å²) in [6.07, 6.45) is 1.54. The zero-order valence-corrected chi connectivity index (χ0v) is 19.5. The zero-order valence-electron chi connectivity index (χ0n) is 14.5. The van der Waals surface area contributed by atoms with Crippen LogP contribution in [0.25, 0.3) is 0 Å². The Morgan fingerprint density at radius 1 is 1.35 bits per heavy atom. The molecule has 5 nitrogen and oxygen atoms in total. The third kappa shape index (κ3) is 7.39. The van der Waals surface area contributed by atoms with Crippen LogP contribution in [0.4, 0.5) is 0 Å². The van der Waals surface area contributed by atoms with Crippen molar-refractivity contribution in [2.75, 3.05) is 6.61 Å². The average Bonchev–Trinajstić information content (AvgIpc) is 2.65. The molecule has 0 unspecified atom stereocenters. The van der Waals surface area contributed by atoms with Crippen LogP contribution in [-0.4, -0.2) is 39.7 Å². The van der Waals surface area contributed by atoms with Crippen LogP contribution < -0.4 is 0 Å². The summed E-state index contributed by atoms with van der Waals surface area (Å²) in [6, 6.07) is 1.11. The van der Waals surface area contributed by atoms with Gasteiger partial charge in [0.2, 0.25) is 0 Å². The minimum Gasteiger partial charge on any atom is -0.591 e. The van der Waals surface area contributed by atoms with Gasteiger partial charge < -0.3 is 9.29 Å². The second kappa shape index (κ2) is 8.62. The fourth-order valence-corrected chi connectivity index (χ4v) is 3.46. The van der Waals surface area contributed by atoms with Crippen molar-refractivity contribution in [2.24, 2.45) is 4.40 Å². The predicted molar refractivity (Wildman–Crippen MR) is 107 cm³/mol. The van der Waals surface area contributed by atoms with Crippen LogP contribution in [0, 0.1) is 0 Å². The van der Waals surface area contributed by atoms with Crippen LogP contribution in [-0.2, 0) is 22.8 Å². The number of rotatable bonds is 7. The molecule has 0 saturated heterocycles. The quantitative estimate of drug-likeness (QED) is 0.245. The molecule has 132 valence electrons. The summed E-state index contributed by atoms with van der Waals surface area (Å²) in [5, 5.41) is 0.